The number of nitrogens with zero attached hydrogens (tertiary/aromatic N) is 1. The van der Waals surface area contributed by atoms with E-state index in [0.29, 0.717) is 0 Å². The Morgan fingerprint density at radius 3 is 2.14 bits per heavy atom. The summed E-state index contributed by atoms with van der Waals surface area (Å²) in [6.45, 7) is 3.81. The molecule has 0 bridgehead atoms. The summed E-state index contributed by atoms with van der Waals surface area (Å²) >= 11 is 0. The first-order valence-electron chi connectivity index (χ1n) is 7.20. The van der Waals surface area contributed by atoms with E-state index < -0.39 is 0 Å². The summed E-state index contributed by atoms with van der Waals surface area (Å²) in [4.78, 5) is 2.11. The molecule has 0 radical (unpaired) electrons. The number of hydrogen-bond acceptors (Lipinski definition) is 3. The van der Waals surface area contributed by atoms with E-state index in [2.05, 4.69) is 67.6 Å². The molecule has 0 fully saturated rings. The van der Waals surface area contributed by atoms with Crippen LogP contribution in [0.25, 0.3) is 0 Å². The van der Waals surface area contributed by atoms with Crippen molar-refractivity contribution in [2.24, 2.45) is 0 Å². The van der Waals surface area contributed by atoms with Crippen molar-refractivity contribution in [2.75, 3.05) is 26.1 Å². The summed E-state index contributed by atoms with van der Waals surface area (Å²) in [5.74, 6) is 0.943. The third kappa shape index (κ3) is 4.23. The number of hydrogen-bond donors (Lipinski definition) is 1. The van der Waals surface area contributed by atoms with Crippen LogP contribution in [0, 0.1) is 6.92 Å². The highest BCUT2D eigenvalue weighted by atomic mass is 16.5. The maximum absolute atomic E-state index is 5.28. The van der Waals surface area contributed by atoms with Gasteiger partial charge in [-0.15, -0.1) is 0 Å². The lowest BCUT2D eigenvalue weighted by Crippen LogP contribution is -2.13. The molecule has 0 spiro atoms. The fourth-order valence-electron chi connectivity index (χ4n) is 2.31. The lowest BCUT2D eigenvalue weighted by atomic mass is 10.1. The SMILES string of the molecule is COc1ccc(CNCc2ccc(N(C)C)cc2)cc1C. The van der Waals surface area contributed by atoms with Crippen molar-refractivity contribution in [3.63, 3.8) is 0 Å². The molecule has 0 heterocycles. The number of ether oxygens (including phenoxy) is 1. The molecular weight excluding hydrogens is 260 g/mol. The second kappa shape index (κ2) is 7.14. The van der Waals surface area contributed by atoms with Crippen molar-refractivity contribution in [2.45, 2.75) is 20.0 Å². The standard InChI is InChI=1S/C18H24N2O/c1-14-11-16(7-10-18(14)21-4)13-19-12-15-5-8-17(9-6-15)20(2)3/h5-11,19H,12-13H2,1-4H3. The van der Waals surface area contributed by atoms with Crippen LogP contribution in [-0.4, -0.2) is 21.2 Å². The Hall–Kier alpha value is -2.00. The molecule has 1 N–H and O–H groups in total. The normalized spacial score (nSPS) is 10.5. The number of rotatable bonds is 6. The van der Waals surface area contributed by atoms with Crippen LogP contribution in [0.2, 0.25) is 0 Å². The molecule has 2 rings (SSSR count). The molecule has 3 nitrogen and oxygen atoms in total. The predicted molar refractivity (Wildman–Crippen MR) is 89.0 cm³/mol. The maximum Gasteiger partial charge on any atom is 0.121 e. The molecular formula is C18H24N2O. The number of anilines is 1. The van der Waals surface area contributed by atoms with Crippen LogP contribution in [0.4, 0.5) is 5.69 Å². The third-order valence-corrected chi connectivity index (χ3v) is 3.57. The topological polar surface area (TPSA) is 24.5 Å². The first kappa shape index (κ1) is 15.4. The van der Waals surface area contributed by atoms with Crippen LogP contribution in [-0.2, 0) is 13.1 Å². The van der Waals surface area contributed by atoms with Gasteiger partial charge in [-0.25, -0.2) is 0 Å². The van der Waals surface area contributed by atoms with Gasteiger partial charge in [0.1, 0.15) is 5.75 Å². The molecule has 0 unspecified atom stereocenters. The Kier molecular flexibility index (Phi) is 5.23. The average Bonchev–Trinajstić information content (AvgIpc) is 2.48. The van der Waals surface area contributed by atoms with Gasteiger partial charge in [-0.3, -0.25) is 0 Å². The van der Waals surface area contributed by atoms with Gasteiger partial charge in [-0.05, 0) is 41.8 Å². The molecule has 0 aliphatic carbocycles. The smallest absolute Gasteiger partial charge is 0.121 e. The highest BCUT2D eigenvalue weighted by molar-refractivity contribution is 5.46. The summed E-state index contributed by atoms with van der Waals surface area (Å²) in [5.41, 5.74) is 4.97. The van der Waals surface area contributed by atoms with Crippen molar-refractivity contribution >= 4 is 5.69 Å². The van der Waals surface area contributed by atoms with Crippen molar-refractivity contribution in [3.05, 3.63) is 59.2 Å². The van der Waals surface area contributed by atoms with E-state index in [1.165, 1.54) is 22.4 Å². The van der Waals surface area contributed by atoms with E-state index in [1.54, 1.807) is 7.11 Å². The van der Waals surface area contributed by atoms with Gasteiger partial charge in [0, 0.05) is 32.9 Å². The quantitative estimate of drug-likeness (QED) is 0.880. The molecule has 21 heavy (non-hydrogen) atoms. The molecule has 2 aromatic carbocycles. The van der Waals surface area contributed by atoms with Gasteiger partial charge in [-0.2, -0.15) is 0 Å². The zero-order valence-corrected chi connectivity index (χ0v) is 13.3. The fraction of sp³-hybridized carbons (Fsp3) is 0.333. The first-order valence-corrected chi connectivity index (χ1v) is 7.20. The van der Waals surface area contributed by atoms with Gasteiger partial charge in [0.15, 0.2) is 0 Å². The summed E-state index contributed by atoms with van der Waals surface area (Å²) in [6, 6.07) is 14.9. The van der Waals surface area contributed by atoms with Crippen LogP contribution >= 0.6 is 0 Å². The molecule has 2 aromatic rings. The minimum absolute atomic E-state index is 0.861. The number of nitrogens with one attached hydrogen (secondary N) is 1. The van der Waals surface area contributed by atoms with Crippen LogP contribution < -0.4 is 15.0 Å². The number of methoxy groups -OCH3 is 1. The van der Waals surface area contributed by atoms with E-state index in [9.17, 15) is 0 Å². The summed E-state index contributed by atoms with van der Waals surface area (Å²) < 4.78 is 5.28. The Bertz CT molecular complexity index is 576. The molecule has 3 heteroatoms. The number of benzene rings is 2. The lowest BCUT2D eigenvalue weighted by Gasteiger charge is -2.13. The van der Waals surface area contributed by atoms with Gasteiger partial charge in [0.25, 0.3) is 0 Å². The lowest BCUT2D eigenvalue weighted by molar-refractivity contribution is 0.411. The Morgan fingerprint density at radius 2 is 1.57 bits per heavy atom. The van der Waals surface area contributed by atoms with Crippen LogP contribution in [0.3, 0.4) is 0 Å². The zero-order valence-electron chi connectivity index (χ0n) is 13.3. The second-order valence-corrected chi connectivity index (χ2v) is 5.47. The van der Waals surface area contributed by atoms with E-state index in [0.717, 1.165) is 18.8 Å². The van der Waals surface area contributed by atoms with Crippen molar-refractivity contribution < 1.29 is 4.74 Å². The van der Waals surface area contributed by atoms with Gasteiger partial charge in [-0.1, -0.05) is 24.3 Å². The van der Waals surface area contributed by atoms with Gasteiger partial charge < -0.3 is 15.0 Å². The van der Waals surface area contributed by atoms with Crippen molar-refractivity contribution in [1.29, 1.82) is 0 Å². The molecule has 0 saturated carbocycles. The first-order chi connectivity index (χ1) is 10.1. The monoisotopic (exact) mass is 284 g/mol. The minimum atomic E-state index is 0.861. The molecule has 0 aromatic heterocycles. The van der Waals surface area contributed by atoms with Crippen LogP contribution in [0.1, 0.15) is 16.7 Å². The minimum Gasteiger partial charge on any atom is -0.496 e. The average molecular weight is 284 g/mol. The fourth-order valence-corrected chi connectivity index (χ4v) is 2.31. The summed E-state index contributed by atoms with van der Waals surface area (Å²) in [7, 11) is 5.82. The molecule has 0 aliphatic rings. The highest BCUT2D eigenvalue weighted by Gasteiger charge is 2.00. The largest absolute Gasteiger partial charge is 0.496 e. The van der Waals surface area contributed by atoms with Gasteiger partial charge in [0.2, 0.25) is 0 Å². The Balaban J connectivity index is 1.87. The Labute approximate surface area is 127 Å². The van der Waals surface area contributed by atoms with Crippen LogP contribution in [0.15, 0.2) is 42.5 Å². The van der Waals surface area contributed by atoms with E-state index in [4.69, 9.17) is 4.74 Å². The predicted octanol–water partition coefficient (Wildman–Crippen LogP) is 3.36. The van der Waals surface area contributed by atoms with Gasteiger partial charge >= 0.3 is 0 Å². The molecule has 0 aliphatic heterocycles. The third-order valence-electron chi connectivity index (χ3n) is 3.57. The maximum atomic E-state index is 5.28. The van der Waals surface area contributed by atoms with Crippen molar-refractivity contribution in [1.82, 2.24) is 5.32 Å². The summed E-state index contributed by atoms with van der Waals surface area (Å²) in [6.07, 6.45) is 0. The molecule has 0 saturated heterocycles. The number of aryl methyl sites for hydroxylation is 1. The van der Waals surface area contributed by atoms with E-state index in [1.807, 2.05) is 6.07 Å². The Morgan fingerprint density at radius 1 is 0.952 bits per heavy atom. The second-order valence-electron chi connectivity index (χ2n) is 5.47. The van der Waals surface area contributed by atoms with Gasteiger partial charge in [0.05, 0.1) is 7.11 Å². The van der Waals surface area contributed by atoms with Crippen LogP contribution in [0.5, 0.6) is 5.75 Å². The highest BCUT2D eigenvalue weighted by Crippen LogP contribution is 2.18. The van der Waals surface area contributed by atoms with E-state index >= 15 is 0 Å². The van der Waals surface area contributed by atoms with Crippen molar-refractivity contribution in [3.8, 4) is 5.75 Å². The molecule has 0 atom stereocenters. The van der Waals surface area contributed by atoms with E-state index in [-0.39, 0.29) is 0 Å². The molecule has 112 valence electrons. The zero-order chi connectivity index (χ0) is 15.2. The summed E-state index contributed by atoms with van der Waals surface area (Å²) in [5, 5.41) is 3.48. The molecule has 0 amide bonds.